The van der Waals surface area contributed by atoms with Crippen molar-refractivity contribution >= 4 is 29.3 Å². The van der Waals surface area contributed by atoms with E-state index in [1.165, 1.54) is 30.0 Å². The SMILES string of the molecule is Cc1cc(C)cc(NC(=O)CSc2nnc([C@H](C)NC(=O)c3ccccc3F)n2C)c1. The van der Waals surface area contributed by atoms with Crippen molar-refractivity contribution in [1.82, 2.24) is 20.1 Å². The lowest BCUT2D eigenvalue weighted by molar-refractivity contribution is -0.113. The molecule has 0 unspecified atom stereocenters. The number of rotatable bonds is 7. The van der Waals surface area contributed by atoms with Crippen LogP contribution in [0.2, 0.25) is 0 Å². The van der Waals surface area contributed by atoms with E-state index in [4.69, 9.17) is 0 Å². The average molecular weight is 442 g/mol. The van der Waals surface area contributed by atoms with Gasteiger partial charge in [-0.2, -0.15) is 0 Å². The molecular formula is C22H24FN5O2S. The van der Waals surface area contributed by atoms with Crippen LogP contribution in [0, 0.1) is 19.7 Å². The number of hydrogen-bond donors (Lipinski definition) is 2. The second-order valence-corrected chi connectivity index (χ2v) is 8.23. The quantitative estimate of drug-likeness (QED) is 0.545. The molecule has 0 spiro atoms. The van der Waals surface area contributed by atoms with Crippen LogP contribution >= 0.6 is 11.8 Å². The Morgan fingerprint density at radius 3 is 2.48 bits per heavy atom. The van der Waals surface area contributed by atoms with Gasteiger partial charge in [0.15, 0.2) is 11.0 Å². The molecule has 7 nitrogen and oxygen atoms in total. The molecule has 0 radical (unpaired) electrons. The smallest absolute Gasteiger partial charge is 0.254 e. The summed E-state index contributed by atoms with van der Waals surface area (Å²) in [6.07, 6.45) is 0. The molecule has 0 saturated carbocycles. The number of aryl methyl sites for hydroxylation is 2. The van der Waals surface area contributed by atoms with Crippen LogP contribution in [0.15, 0.2) is 47.6 Å². The van der Waals surface area contributed by atoms with Crippen LogP contribution in [-0.2, 0) is 11.8 Å². The van der Waals surface area contributed by atoms with Gasteiger partial charge in [0.25, 0.3) is 5.91 Å². The fourth-order valence-electron chi connectivity index (χ4n) is 3.19. The monoisotopic (exact) mass is 441 g/mol. The third-order valence-corrected chi connectivity index (χ3v) is 5.58. The highest BCUT2D eigenvalue weighted by atomic mass is 32.2. The van der Waals surface area contributed by atoms with Gasteiger partial charge in [0.1, 0.15) is 5.82 Å². The summed E-state index contributed by atoms with van der Waals surface area (Å²) < 4.78 is 15.5. The Balaban J connectivity index is 1.59. The first-order chi connectivity index (χ1) is 14.7. The zero-order valence-electron chi connectivity index (χ0n) is 17.8. The molecule has 2 N–H and O–H groups in total. The third-order valence-electron chi connectivity index (χ3n) is 4.56. The van der Waals surface area contributed by atoms with Crippen molar-refractivity contribution in [2.75, 3.05) is 11.1 Å². The molecule has 0 fully saturated rings. The minimum absolute atomic E-state index is 0.0332. The number of benzene rings is 2. The third kappa shape index (κ3) is 5.69. The summed E-state index contributed by atoms with van der Waals surface area (Å²) in [5.41, 5.74) is 2.88. The van der Waals surface area contributed by atoms with E-state index in [9.17, 15) is 14.0 Å². The average Bonchev–Trinajstić information content (AvgIpc) is 3.06. The number of halogens is 1. The fourth-order valence-corrected chi connectivity index (χ4v) is 3.91. The normalized spacial score (nSPS) is 11.8. The number of amides is 2. The summed E-state index contributed by atoms with van der Waals surface area (Å²) in [6, 6.07) is 11.1. The largest absolute Gasteiger partial charge is 0.342 e. The van der Waals surface area contributed by atoms with E-state index >= 15 is 0 Å². The van der Waals surface area contributed by atoms with Crippen LogP contribution in [0.4, 0.5) is 10.1 Å². The first-order valence-corrected chi connectivity index (χ1v) is 10.7. The first kappa shape index (κ1) is 22.5. The number of aromatic nitrogens is 3. The number of thioether (sulfide) groups is 1. The summed E-state index contributed by atoms with van der Waals surface area (Å²) >= 11 is 1.24. The molecule has 0 saturated heterocycles. The molecule has 31 heavy (non-hydrogen) atoms. The molecule has 3 rings (SSSR count). The molecule has 0 aliphatic carbocycles. The maximum Gasteiger partial charge on any atom is 0.254 e. The van der Waals surface area contributed by atoms with Crippen molar-refractivity contribution in [3.63, 3.8) is 0 Å². The van der Waals surface area contributed by atoms with E-state index < -0.39 is 17.8 Å². The number of nitrogens with one attached hydrogen (secondary N) is 2. The second-order valence-electron chi connectivity index (χ2n) is 7.29. The molecule has 0 bridgehead atoms. The number of nitrogens with zero attached hydrogens (tertiary/aromatic N) is 3. The van der Waals surface area contributed by atoms with Gasteiger partial charge in [-0.15, -0.1) is 10.2 Å². The number of hydrogen-bond acceptors (Lipinski definition) is 5. The molecule has 0 aliphatic rings. The minimum Gasteiger partial charge on any atom is -0.342 e. The van der Waals surface area contributed by atoms with Crippen LogP contribution in [0.25, 0.3) is 0 Å². The zero-order chi connectivity index (χ0) is 22.5. The summed E-state index contributed by atoms with van der Waals surface area (Å²) in [6.45, 7) is 5.69. The van der Waals surface area contributed by atoms with Gasteiger partial charge in [-0.25, -0.2) is 4.39 Å². The van der Waals surface area contributed by atoms with Gasteiger partial charge in [-0.1, -0.05) is 30.0 Å². The van der Waals surface area contributed by atoms with E-state index in [1.807, 2.05) is 32.0 Å². The molecule has 9 heteroatoms. The molecule has 2 aromatic carbocycles. The molecule has 0 aliphatic heterocycles. The van der Waals surface area contributed by atoms with Gasteiger partial charge in [-0.3, -0.25) is 9.59 Å². The van der Waals surface area contributed by atoms with Gasteiger partial charge in [0, 0.05) is 12.7 Å². The van der Waals surface area contributed by atoms with Crippen molar-refractivity contribution in [3.05, 3.63) is 70.8 Å². The Bertz CT molecular complexity index is 1090. The van der Waals surface area contributed by atoms with E-state index in [2.05, 4.69) is 20.8 Å². The maximum atomic E-state index is 13.8. The van der Waals surface area contributed by atoms with Crippen molar-refractivity contribution in [1.29, 1.82) is 0 Å². The predicted octanol–water partition coefficient (Wildman–Crippen LogP) is 3.79. The van der Waals surface area contributed by atoms with Crippen LogP contribution in [0.1, 0.15) is 40.3 Å². The van der Waals surface area contributed by atoms with Gasteiger partial charge < -0.3 is 15.2 Å². The zero-order valence-corrected chi connectivity index (χ0v) is 18.6. The number of carbonyl (C=O) groups excluding carboxylic acids is 2. The Hall–Kier alpha value is -3.20. The lowest BCUT2D eigenvalue weighted by Crippen LogP contribution is -2.29. The topological polar surface area (TPSA) is 88.9 Å². The number of carbonyl (C=O) groups is 2. The standard InChI is InChI=1S/C22H24FN5O2S/c1-13-9-14(2)11-16(10-13)25-19(29)12-31-22-27-26-20(28(22)4)15(3)24-21(30)17-7-5-6-8-18(17)23/h5-11,15H,12H2,1-4H3,(H,24,30)(H,25,29)/t15-/m0/s1. The highest BCUT2D eigenvalue weighted by molar-refractivity contribution is 7.99. The van der Waals surface area contributed by atoms with Crippen molar-refractivity contribution in [2.45, 2.75) is 32.0 Å². The lowest BCUT2D eigenvalue weighted by atomic mass is 10.1. The van der Waals surface area contributed by atoms with Crippen molar-refractivity contribution in [3.8, 4) is 0 Å². The molecule has 2 amide bonds. The van der Waals surface area contributed by atoms with Gasteiger partial charge in [-0.05, 0) is 56.2 Å². The van der Waals surface area contributed by atoms with E-state index in [-0.39, 0.29) is 17.2 Å². The first-order valence-electron chi connectivity index (χ1n) is 9.70. The maximum absolute atomic E-state index is 13.8. The van der Waals surface area contributed by atoms with Crippen LogP contribution in [0.3, 0.4) is 0 Å². The van der Waals surface area contributed by atoms with Crippen molar-refractivity contribution in [2.24, 2.45) is 7.05 Å². The Morgan fingerprint density at radius 1 is 1.13 bits per heavy atom. The lowest BCUT2D eigenvalue weighted by Gasteiger charge is -2.14. The van der Waals surface area contributed by atoms with E-state index in [0.29, 0.717) is 11.0 Å². The van der Waals surface area contributed by atoms with Crippen LogP contribution in [0.5, 0.6) is 0 Å². The fraction of sp³-hybridized carbons (Fsp3) is 0.273. The van der Waals surface area contributed by atoms with Crippen LogP contribution in [-0.4, -0.2) is 32.3 Å². The Labute approximate surface area is 184 Å². The molecule has 162 valence electrons. The van der Waals surface area contributed by atoms with Gasteiger partial charge in [0.2, 0.25) is 5.91 Å². The van der Waals surface area contributed by atoms with Crippen molar-refractivity contribution < 1.29 is 14.0 Å². The Morgan fingerprint density at radius 2 is 1.81 bits per heavy atom. The van der Waals surface area contributed by atoms with E-state index in [0.717, 1.165) is 16.8 Å². The summed E-state index contributed by atoms with van der Waals surface area (Å²) in [7, 11) is 1.76. The summed E-state index contributed by atoms with van der Waals surface area (Å²) in [5, 5.41) is 14.4. The Kier molecular flexibility index (Phi) is 7.06. The predicted molar refractivity (Wildman–Crippen MR) is 119 cm³/mol. The van der Waals surface area contributed by atoms with Gasteiger partial charge >= 0.3 is 0 Å². The summed E-state index contributed by atoms with van der Waals surface area (Å²) in [4.78, 5) is 24.6. The highest BCUT2D eigenvalue weighted by Gasteiger charge is 2.20. The van der Waals surface area contributed by atoms with Gasteiger partial charge in [0.05, 0.1) is 17.4 Å². The molecular weight excluding hydrogens is 417 g/mol. The highest BCUT2D eigenvalue weighted by Crippen LogP contribution is 2.20. The van der Waals surface area contributed by atoms with E-state index in [1.54, 1.807) is 24.6 Å². The molecule has 1 heterocycles. The number of anilines is 1. The van der Waals surface area contributed by atoms with Crippen LogP contribution < -0.4 is 10.6 Å². The molecule has 1 atom stereocenters. The molecule has 3 aromatic rings. The minimum atomic E-state index is -0.587. The second kappa shape index (κ2) is 9.74. The molecule has 1 aromatic heterocycles. The summed E-state index contributed by atoms with van der Waals surface area (Å²) in [5.74, 6) is -0.608.